The van der Waals surface area contributed by atoms with Gasteiger partial charge in [-0.3, -0.25) is 18.7 Å². The first kappa shape index (κ1) is 24.9. The number of fused-ring (bicyclic) bond motifs is 1. The fourth-order valence-corrected chi connectivity index (χ4v) is 4.00. The van der Waals surface area contributed by atoms with Gasteiger partial charge in [0.2, 0.25) is 0 Å². The van der Waals surface area contributed by atoms with Gasteiger partial charge in [-0.25, -0.2) is 9.18 Å². The second kappa shape index (κ2) is 11.0. The maximum atomic E-state index is 14.1. The predicted octanol–water partition coefficient (Wildman–Crippen LogP) is 4.59. The lowest BCUT2D eigenvalue weighted by Crippen LogP contribution is -2.40. The Labute approximate surface area is 207 Å². The number of ketones is 1. The molecule has 1 aromatic heterocycles. The second-order valence-corrected chi connectivity index (χ2v) is 8.48. The number of ether oxygens (including phenoxy) is 1. The normalized spacial score (nSPS) is 11.3. The smallest absolute Gasteiger partial charge is 0.331 e. The molecule has 0 unspecified atom stereocenters. The standard InChI is InChI=1S/C29H27FN2O4/c1-3-24(33)12-8-20-4-6-22(7-5-20)19-32-27-18-23(30)11-15-26(27)28(34)31(29(32)35)17-16-21-9-13-25(36-2)14-10-21/h4-15,18H,3,16-17,19H2,1-2H3/b12-8+. The number of hydrogen-bond donors (Lipinski definition) is 0. The third-order valence-electron chi connectivity index (χ3n) is 6.10. The van der Waals surface area contributed by atoms with Crippen molar-refractivity contribution < 1.29 is 13.9 Å². The minimum atomic E-state index is -0.521. The lowest BCUT2D eigenvalue weighted by atomic mass is 10.1. The number of nitrogens with zero attached hydrogens (tertiary/aromatic N) is 2. The number of methoxy groups -OCH3 is 1. The van der Waals surface area contributed by atoms with E-state index in [1.54, 1.807) is 20.1 Å². The summed E-state index contributed by atoms with van der Waals surface area (Å²) in [5.74, 6) is 0.243. The van der Waals surface area contributed by atoms with E-state index in [0.29, 0.717) is 12.8 Å². The van der Waals surface area contributed by atoms with E-state index in [-0.39, 0.29) is 29.8 Å². The van der Waals surface area contributed by atoms with E-state index in [1.807, 2.05) is 48.5 Å². The van der Waals surface area contributed by atoms with Crippen LogP contribution < -0.4 is 16.0 Å². The molecule has 0 radical (unpaired) electrons. The molecule has 0 saturated carbocycles. The fourth-order valence-electron chi connectivity index (χ4n) is 4.00. The highest BCUT2D eigenvalue weighted by atomic mass is 19.1. The molecule has 4 rings (SSSR count). The Morgan fingerprint density at radius 2 is 1.64 bits per heavy atom. The van der Waals surface area contributed by atoms with Crippen LogP contribution in [0.25, 0.3) is 17.0 Å². The van der Waals surface area contributed by atoms with Gasteiger partial charge in [0.1, 0.15) is 11.6 Å². The Hall–Kier alpha value is -4.26. The molecule has 0 N–H and O–H groups in total. The van der Waals surface area contributed by atoms with Crippen molar-refractivity contribution in [3.05, 3.63) is 116 Å². The molecule has 0 saturated heterocycles. The molecule has 36 heavy (non-hydrogen) atoms. The average molecular weight is 487 g/mol. The van der Waals surface area contributed by atoms with Crippen molar-refractivity contribution >= 4 is 22.8 Å². The zero-order valence-electron chi connectivity index (χ0n) is 20.2. The zero-order chi connectivity index (χ0) is 25.7. The van der Waals surface area contributed by atoms with E-state index in [4.69, 9.17) is 4.74 Å². The molecule has 0 atom stereocenters. The molecule has 6 nitrogen and oxygen atoms in total. The van der Waals surface area contributed by atoms with Crippen LogP contribution >= 0.6 is 0 Å². The number of aryl methyl sites for hydroxylation is 1. The van der Waals surface area contributed by atoms with Crippen molar-refractivity contribution in [2.45, 2.75) is 32.9 Å². The van der Waals surface area contributed by atoms with Crippen LogP contribution in [0.1, 0.15) is 30.0 Å². The number of benzene rings is 3. The predicted molar refractivity (Wildman–Crippen MR) is 139 cm³/mol. The SMILES string of the molecule is CCC(=O)/C=C/c1ccc(Cn2c(=O)n(CCc3ccc(OC)cc3)c(=O)c3ccc(F)cc32)cc1. The van der Waals surface area contributed by atoms with Crippen LogP contribution in [0.2, 0.25) is 0 Å². The average Bonchev–Trinajstić information content (AvgIpc) is 2.90. The quantitative estimate of drug-likeness (QED) is 0.325. The van der Waals surface area contributed by atoms with Gasteiger partial charge in [-0.05, 0) is 59.5 Å². The number of aromatic nitrogens is 2. The van der Waals surface area contributed by atoms with Crippen molar-refractivity contribution in [1.82, 2.24) is 9.13 Å². The lowest BCUT2D eigenvalue weighted by Gasteiger charge is -2.15. The summed E-state index contributed by atoms with van der Waals surface area (Å²) in [5, 5.41) is 0.281. The molecule has 0 bridgehead atoms. The zero-order valence-corrected chi connectivity index (χ0v) is 20.2. The molecule has 0 amide bonds. The minimum absolute atomic E-state index is 0.0380. The van der Waals surface area contributed by atoms with Gasteiger partial charge in [0.25, 0.3) is 5.56 Å². The Bertz CT molecular complexity index is 1530. The Morgan fingerprint density at radius 3 is 2.31 bits per heavy atom. The van der Waals surface area contributed by atoms with Crippen LogP contribution in [-0.2, 0) is 24.3 Å². The number of hydrogen-bond acceptors (Lipinski definition) is 4. The van der Waals surface area contributed by atoms with Gasteiger partial charge in [0.05, 0.1) is 24.6 Å². The summed E-state index contributed by atoms with van der Waals surface area (Å²) in [6.45, 7) is 2.16. The van der Waals surface area contributed by atoms with Gasteiger partial charge in [-0.2, -0.15) is 0 Å². The summed E-state index contributed by atoms with van der Waals surface area (Å²) >= 11 is 0. The third-order valence-corrected chi connectivity index (χ3v) is 6.10. The molecule has 1 heterocycles. The minimum Gasteiger partial charge on any atom is -0.497 e. The largest absolute Gasteiger partial charge is 0.497 e. The Morgan fingerprint density at radius 1 is 0.944 bits per heavy atom. The van der Waals surface area contributed by atoms with Crippen LogP contribution in [-0.4, -0.2) is 22.0 Å². The highest BCUT2D eigenvalue weighted by Gasteiger charge is 2.14. The van der Waals surface area contributed by atoms with E-state index < -0.39 is 17.1 Å². The molecule has 0 fully saturated rings. The molecule has 0 aliphatic rings. The first-order chi connectivity index (χ1) is 17.4. The first-order valence-corrected chi connectivity index (χ1v) is 11.7. The van der Waals surface area contributed by atoms with Crippen LogP contribution in [0.3, 0.4) is 0 Å². The number of carbonyl (C=O) groups excluding carboxylic acids is 1. The van der Waals surface area contributed by atoms with Crippen LogP contribution in [0.5, 0.6) is 5.75 Å². The van der Waals surface area contributed by atoms with Gasteiger partial charge < -0.3 is 4.74 Å². The lowest BCUT2D eigenvalue weighted by molar-refractivity contribution is -0.114. The van der Waals surface area contributed by atoms with E-state index in [1.165, 1.54) is 33.4 Å². The van der Waals surface area contributed by atoms with Crippen LogP contribution in [0.4, 0.5) is 4.39 Å². The summed E-state index contributed by atoms with van der Waals surface area (Å²) in [7, 11) is 1.59. The van der Waals surface area contributed by atoms with Crippen LogP contribution in [0.15, 0.2) is 82.4 Å². The molecule has 0 spiro atoms. The topological polar surface area (TPSA) is 70.3 Å². The number of carbonyl (C=O) groups is 1. The van der Waals surface area contributed by atoms with E-state index in [2.05, 4.69) is 0 Å². The van der Waals surface area contributed by atoms with Crippen molar-refractivity contribution in [2.24, 2.45) is 0 Å². The summed E-state index contributed by atoms with van der Waals surface area (Å²) in [6.07, 6.45) is 4.19. The molecule has 0 aliphatic heterocycles. The molecule has 3 aromatic carbocycles. The molecule has 4 aromatic rings. The maximum absolute atomic E-state index is 14.1. The van der Waals surface area contributed by atoms with E-state index in [0.717, 1.165) is 22.4 Å². The molecular weight excluding hydrogens is 459 g/mol. The van der Waals surface area contributed by atoms with Gasteiger partial charge >= 0.3 is 5.69 Å². The van der Waals surface area contributed by atoms with Gasteiger partial charge in [0, 0.05) is 13.0 Å². The van der Waals surface area contributed by atoms with Crippen molar-refractivity contribution in [3.8, 4) is 5.75 Å². The second-order valence-electron chi connectivity index (χ2n) is 8.48. The maximum Gasteiger partial charge on any atom is 0.331 e. The van der Waals surface area contributed by atoms with Crippen molar-refractivity contribution in [3.63, 3.8) is 0 Å². The van der Waals surface area contributed by atoms with Gasteiger partial charge in [-0.1, -0.05) is 49.4 Å². The van der Waals surface area contributed by atoms with Crippen LogP contribution in [0, 0.1) is 5.82 Å². The third kappa shape index (κ3) is 5.51. The molecule has 7 heteroatoms. The van der Waals surface area contributed by atoms with Crippen molar-refractivity contribution in [2.75, 3.05) is 7.11 Å². The Balaban J connectivity index is 1.69. The first-order valence-electron chi connectivity index (χ1n) is 11.7. The summed E-state index contributed by atoms with van der Waals surface area (Å²) in [5.41, 5.74) is 1.93. The fraction of sp³-hybridized carbons (Fsp3) is 0.207. The van der Waals surface area contributed by atoms with Gasteiger partial charge in [0.15, 0.2) is 5.78 Å². The number of rotatable bonds is 9. The highest BCUT2D eigenvalue weighted by Crippen LogP contribution is 2.15. The van der Waals surface area contributed by atoms with E-state index in [9.17, 15) is 18.8 Å². The molecule has 0 aliphatic carbocycles. The summed E-state index contributed by atoms with van der Waals surface area (Å²) < 4.78 is 21.9. The van der Waals surface area contributed by atoms with E-state index >= 15 is 0 Å². The Kier molecular flexibility index (Phi) is 7.59. The van der Waals surface area contributed by atoms with Gasteiger partial charge in [-0.15, -0.1) is 0 Å². The summed E-state index contributed by atoms with van der Waals surface area (Å²) in [6, 6.07) is 18.7. The van der Waals surface area contributed by atoms with Crippen molar-refractivity contribution in [1.29, 1.82) is 0 Å². The molecule has 184 valence electrons. The monoisotopic (exact) mass is 486 g/mol. The number of allylic oxidation sites excluding steroid dienone is 1. The number of halogens is 1. The highest BCUT2D eigenvalue weighted by molar-refractivity contribution is 5.93. The molecular formula is C29H27FN2O4. The summed E-state index contributed by atoms with van der Waals surface area (Å²) in [4.78, 5) is 38.1.